The van der Waals surface area contributed by atoms with Gasteiger partial charge in [-0.05, 0) is 46.0 Å². The number of hydrogen-bond donors (Lipinski definition) is 1. The number of fused-ring (bicyclic) bond motifs is 2. The Morgan fingerprint density at radius 2 is 2.23 bits per heavy atom. The van der Waals surface area contributed by atoms with E-state index in [2.05, 4.69) is 17.0 Å². The van der Waals surface area contributed by atoms with Crippen molar-refractivity contribution >= 4 is 5.91 Å². The third-order valence-electron chi connectivity index (χ3n) is 5.93. The van der Waals surface area contributed by atoms with Crippen LogP contribution in [0.1, 0.15) is 56.0 Å². The Balaban J connectivity index is 1.69. The molecule has 2 aliphatic rings. The molecular weight excluding hydrogens is 280 g/mol. The second-order valence-corrected chi connectivity index (χ2v) is 6.93. The molecule has 2 bridgehead atoms. The zero-order chi connectivity index (χ0) is 15.9. The molecule has 2 fully saturated rings. The molecular formula is C17H26N2O3. The van der Waals surface area contributed by atoms with Crippen molar-refractivity contribution in [3.05, 3.63) is 17.0 Å². The molecule has 0 unspecified atom stereocenters. The van der Waals surface area contributed by atoms with Gasteiger partial charge in [0.1, 0.15) is 5.76 Å². The number of aliphatic hydroxyl groups excluding tert-OH is 1. The monoisotopic (exact) mass is 306 g/mol. The van der Waals surface area contributed by atoms with Crippen LogP contribution >= 0.6 is 0 Å². The van der Waals surface area contributed by atoms with Gasteiger partial charge in [-0.1, -0.05) is 12.1 Å². The number of aromatic nitrogens is 1. The number of rotatable bonds is 5. The number of carbonyl (C=O) groups excluding carboxylic acids is 1. The van der Waals surface area contributed by atoms with E-state index in [1.165, 1.54) is 0 Å². The number of aliphatic hydroxyl groups is 1. The topological polar surface area (TPSA) is 66.6 Å². The van der Waals surface area contributed by atoms with E-state index in [-0.39, 0.29) is 24.0 Å². The molecule has 0 spiro atoms. The summed E-state index contributed by atoms with van der Waals surface area (Å²) in [5, 5.41) is 13.8. The lowest BCUT2D eigenvalue weighted by Gasteiger charge is -2.34. The molecule has 1 amide bonds. The van der Waals surface area contributed by atoms with E-state index in [9.17, 15) is 9.90 Å². The van der Waals surface area contributed by atoms with Gasteiger partial charge in [-0.2, -0.15) is 0 Å². The highest BCUT2D eigenvalue weighted by Gasteiger charge is 2.55. The van der Waals surface area contributed by atoms with Crippen LogP contribution in [0, 0.1) is 19.3 Å². The van der Waals surface area contributed by atoms with Crippen molar-refractivity contribution in [1.82, 2.24) is 10.1 Å². The maximum absolute atomic E-state index is 12.7. The van der Waals surface area contributed by atoms with Gasteiger partial charge in [0.2, 0.25) is 5.91 Å². The minimum Gasteiger partial charge on any atom is -0.396 e. The zero-order valence-corrected chi connectivity index (χ0v) is 13.8. The van der Waals surface area contributed by atoms with Crippen LogP contribution in [0.4, 0.5) is 0 Å². The second kappa shape index (κ2) is 5.69. The number of amides is 1. The van der Waals surface area contributed by atoms with Crippen LogP contribution in [0.5, 0.6) is 0 Å². The Morgan fingerprint density at radius 1 is 1.45 bits per heavy atom. The largest absolute Gasteiger partial charge is 0.396 e. The normalized spacial score (nSPS) is 30.3. The summed E-state index contributed by atoms with van der Waals surface area (Å²) in [6.07, 6.45) is 5.22. The molecule has 0 aromatic carbocycles. The minimum atomic E-state index is -0.0679. The van der Waals surface area contributed by atoms with Crippen molar-refractivity contribution in [3.63, 3.8) is 0 Å². The molecule has 0 aliphatic carbocycles. The molecule has 5 heteroatoms. The van der Waals surface area contributed by atoms with Crippen molar-refractivity contribution < 1.29 is 14.4 Å². The highest BCUT2D eigenvalue weighted by Crippen LogP contribution is 2.51. The van der Waals surface area contributed by atoms with E-state index in [1.807, 2.05) is 13.8 Å². The molecule has 122 valence electrons. The Bertz CT molecular complexity index is 543. The molecule has 2 saturated heterocycles. The lowest BCUT2D eigenvalue weighted by molar-refractivity contribution is -0.133. The summed E-state index contributed by atoms with van der Waals surface area (Å²) in [6, 6.07) is 0.555. The van der Waals surface area contributed by atoms with Crippen LogP contribution in [-0.4, -0.2) is 39.8 Å². The van der Waals surface area contributed by atoms with Crippen molar-refractivity contribution in [2.24, 2.45) is 5.41 Å². The second-order valence-electron chi connectivity index (χ2n) is 6.93. The number of hydrogen-bond acceptors (Lipinski definition) is 4. The predicted molar refractivity (Wildman–Crippen MR) is 82.4 cm³/mol. The van der Waals surface area contributed by atoms with Crippen LogP contribution in [0.25, 0.3) is 0 Å². The van der Waals surface area contributed by atoms with E-state index in [0.717, 1.165) is 42.7 Å². The molecule has 2 aliphatic heterocycles. The Hall–Kier alpha value is -1.36. The molecule has 0 radical (unpaired) electrons. The van der Waals surface area contributed by atoms with Crippen molar-refractivity contribution in [1.29, 1.82) is 0 Å². The summed E-state index contributed by atoms with van der Waals surface area (Å²) >= 11 is 0. The van der Waals surface area contributed by atoms with Crippen molar-refractivity contribution in [2.75, 3.05) is 6.61 Å². The van der Waals surface area contributed by atoms with E-state index >= 15 is 0 Å². The van der Waals surface area contributed by atoms with Crippen LogP contribution in [0.3, 0.4) is 0 Å². The molecule has 3 heterocycles. The molecule has 1 aromatic heterocycles. The van der Waals surface area contributed by atoms with E-state index in [1.54, 1.807) is 0 Å². The maximum Gasteiger partial charge on any atom is 0.223 e. The summed E-state index contributed by atoms with van der Waals surface area (Å²) in [7, 11) is 0. The smallest absolute Gasteiger partial charge is 0.223 e. The number of aryl methyl sites for hydroxylation is 2. The lowest BCUT2D eigenvalue weighted by Crippen LogP contribution is -2.42. The van der Waals surface area contributed by atoms with Gasteiger partial charge >= 0.3 is 0 Å². The van der Waals surface area contributed by atoms with Gasteiger partial charge in [0.15, 0.2) is 0 Å². The quantitative estimate of drug-likeness (QED) is 0.907. The SMILES string of the molecule is CC[C@@]1(CO)C[C@@H]2CC[C@H]1N2C(=O)CCc1c(C)noc1C. The van der Waals surface area contributed by atoms with Gasteiger partial charge in [-0.3, -0.25) is 4.79 Å². The summed E-state index contributed by atoms with van der Waals surface area (Å²) in [5.74, 6) is 1.03. The van der Waals surface area contributed by atoms with Crippen molar-refractivity contribution in [3.8, 4) is 0 Å². The standard InChI is InChI=1S/C17H26N2O3/c1-4-17(10-20)9-13-5-7-15(17)19(13)16(21)8-6-14-11(2)18-22-12(14)3/h13,15,20H,4-10H2,1-3H3/t13-,15+,17-/m0/s1. The number of carbonyl (C=O) groups is 1. The molecule has 5 nitrogen and oxygen atoms in total. The summed E-state index contributed by atoms with van der Waals surface area (Å²) < 4.78 is 5.17. The van der Waals surface area contributed by atoms with Gasteiger partial charge in [-0.15, -0.1) is 0 Å². The first-order valence-electron chi connectivity index (χ1n) is 8.36. The average Bonchev–Trinajstić information content (AvgIpc) is 3.17. The molecule has 22 heavy (non-hydrogen) atoms. The highest BCUT2D eigenvalue weighted by molar-refractivity contribution is 5.78. The lowest BCUT2D eigenvalue weighted by atomic mass is 9.72. The van der Waals surface area contributed by atoms with Gasteiger partial charge in [0.05, 0.1) is 12.3 Å². The van der Waals surface area contributed by atoms with Crippen LogP contribution in [-0.2, 0) is 11.2 Å². The third-order valence-corrected chi connectivity index (χ3v) is 5.93. The molecule has 1 aromatic rings. The summed E-state index contributed by atoms with van der Waals surface area (Å²) in [6.45, 7) is 6.14. The molecule has 0 saturated carbocycles. The predicted octanol–water partition coefficient (Wildman–Crippen LogP) is 2.38. The van der Waals surface area contributed by atoms with Crippen molar-refractivity contribution in [2.45, 2.75) is 71.4 Å². The van der Waals surface area contributed by atoms with E-state index < -0.39 is 0 Å². The fourth-order valence-corrected chi connectivity index (χ4v) is 4.55. The van der Waals surface area contributed by atoms with Gasteiger partial charge in [0, 0.05) is 29.5 Å². The zero-order valence-electron chi connectivity index (χ0n) is 13.8. The number of nitrogens with zero attached hydrogens (tertiary/aromatic N) is 2. The first-order chi connectivity index (χ1) is 10.5. The van der Waals surface area contributed by atoms with Crippen LogP contribution < -0.4 is 0 Å². The fourth-order valence-electron chi connectivity index (χ4n) is 4.55. The van der Waals surface area contributed by atoms with E-state index in [0.29, 0.717) is 18.9 Å². The van der Waals surface area contributed by atoms with E-state index in [4.69, 9.17) is 4.52 Å². The summed E-state index contributed by atoms with van der Waals surface area (Å²) in [5.41, 5.74) is 1.87. The van der Waals surface area contributed by atoms with Crippen LogP contribution in [0.15, 0.2) is 4.52 Å². The fraction of sp³-hybridized carbons (Fsp3) is 0.765. The molecule has 1 N–H and O–H groups in total. The van der Waals surface area contributed by atoms with Gasteiger partial charge in [0.25, 0.3) is 0 Å². The Kier molecular flexibility index (Phi) is 4.02. The first kappa shape index (κ1) is 15.5. The average molecular weight is 306 g/mol. The Labute approximate surface area is 131 Å². The first-order valence-corrected chi connectivity index (χ1v) is 8.36. The van der Waals surface area contributed by atoms with Gasteiger partial charge in [-0.25, -0.2) is 0 Å². The minimum absolute atomic E-state index is 0.0679. The van der Waals surface area contributed by atoms with Crippen LogP contribution in [0.2, 0.25) is 0 Å². The highest BCUT2D eigenvalue weighted by atomic mass is 16.5. The molecule has 3 atom stereocenters. The summed E-state index contributed by atoms with van der Waals surface area (Å²) in [4.78, 5) is 14.8. The molecule has 3 rings (SSSR count). The third kappa shape index (κ3) is 2.26. The van der Waals surface area contributed by atoms with Gasteiger partial charge < -0.3 is 14.5 Å². The maximum atomic E-state index is 12.7. The Morgan fingerprint density at radius 3 is 2.77 bits per heavy atom.